The van der Waals surface area contributed by atoms with Crippen LogP contribution in [0.3, 0.4) is 0 Å². The maximum Gasteiger partial charge on any atom is 0.253 e. The van der Waals surface area contributed by atoms with Crippen molar-refractivity contribution in [1.82, 2.24) is 10.3 Å². The summed E-state index contributed by atoms with van der Waals surface area (Å²) in [5.74, 6) is -0.208. The lowest BCUT2D eigenvalue weighted by atomic mass is 9.94. The van der Waals surface area contributed by atoms with E-state index in [2.05, 4.69) is 28.5 Å². The van der Waals surface area contributed by atoms with E-state index in [0.717, 1.165) is 22.3 Å². The fraction of sp³-hybridized carbons (Fsp3) is 0.143. The van der Waals surface area contributed by atoms with Gasteiger partial charge in [0.1, 0.15) is 0 Å². The van der Waals surface area contributed by atoms with Crippen LogP contribution >= 0.6 is 11.6 Å². The summed E-state index contributed by atoms with van der Waals surface area (Å²) in [4.78, 5) is 17.0. The van der Waals surface area contributed by atoms with Crippen molar-refractivity contribution in [1.29, 1.82) is 0 Å². The highest BCUT2D eigenvalue weighted by atomic mass is 35.5. The normalized spacial score (nSPS) is 11.8. The number of nitrogens with zero attached hydrogens (tertiary/aromatic N) is 1. The number of amides is 1. The van der Waals surface area contributed by atoms with Crippen LogP contribution in [0, 0.1) is 13.8 Å². The number of halogens is 1. The van der Waals surface area contributed by atoms with Gasteiger partial charge in [-0.2, -0.15) is 0 Å². The molecule has 1 heterocycles. The third-order valence-corrected chi connectivity index (χ3v) is 4.49. The molecule has 0 spiro atoms. The molecule has 25 heavy (non-hydrogen) atoms. The maximum absolute atomic E-state index is 12.8. The van der Waals surface area contributed by atoms with Crippen molar-refractivity contribution in [2.75, 3.05) is 0 Å². The first-order chi connectivity index (χ1) is 12.1. The van der Waals surface area contributed by atoms with Gasteiger partial charge in [-0.05, 0) is 48.7 Å². The van der Waals surface area contributed by atoms with Crippen molar-refractivity contribution in [3.8, 4) is 0 Å². The van der Waals surface area contributed by atoms with Crippen LogP contribution in [0.25, 0.3) is 0 Å². The van der Waals surface area contributed by atoms with E-state index in [1.165, 1.54) is 0 Å². The Morgan fingerprint density at radius 1 is 1.08 bits per heavy atom. The monoisotopic (exact) mass is 350 g/mol. The molecule has 0 bridgehead atoms. The molecule has 1 N–H and O–H groups in total. The molecule has 0 aliphatic carbocycles. The van der Waals surface area contributed by atoms with E-state index in [0.29, 0.717) is 10.6 Å². The van der Waals surface area contributed by atoms with E-state index >= 15 is 0 Å². The Morgan fingerprint density at radius 2 is 1.88 bits per heavy atom. The zero-order chi connectivity index (χ0) is 17.8. The van der Waals surface area contributed by atoms with Crippen molar-refractivity contribution in [2.24, 2.45) is 0 Å². The summed E-state index contributed by atoms with van der Waals surface area (Å²) in [6, 6.07) is 16.8. The van der Waals surface area contributed by atoms with Crippen LogP contribution in [0.5, 0.6) is 0 Å². The highest BCUT2D eigenvalue weighted by molar-refractivity contribution is 6.33. The van der Waals surface area contributed by atoms with E-state index in [1.54, 1.807) is 30.6 Å². The number of nitrogens with one attached hydrogen (secondary N) is 1. The average molecular weight is 351 g/mol. The average Bonchev–Trinajstić information content (AvgIpc) is 2.63. The predicted molar refractivity (Wildman–Crippen MR) is 101 cm³/mol. The van der Waals surface area contributed by atoms with Gasteiger partial charge in [0.25, 0.3) is 5.91 Å². The van der Waals surface area contributed by atoms with Gasteiger partial charge in [-0.1, -0.05) is 53.6 Å². The molecule has 126 valence electrons. The molecule has 4 heteroatoms. The Kier molecular flexibility index (Phi) is 5.15. The van der Waals surface area contributed by atoms with Gasteiger partial charge in [0.05, 0.1) is 16.6 Å². The second-order valence-corrected chi connectivity index (χ2v) is 6.44. The van der Waals surface area contributed by atoms with Crippen LogP contribution in [0.4, 0.5) is 0 Å². The Bertz CT molecular complexity index is 893. The number of carbonyl (C=O) groups excluding carboxylic acids is 1. The molecule has 0 aliphatic rings. The molecule has 0 saturated carbocycles. The Hall–Kier alpha value is -2.65. The molecule has 3 nitrogen and oxygen atoms in total. The largest absolute Gasteiger partial charge is 0.341 e. The van der Waals surface area contributed by atoms with Gasteiger partial charge in [-0.15, -0.1) is 0 Å². The maximum atomic E-state index is 12.8. The quantitative estimate of drug-likeness (QED) is 0.729. The van der Waals surface area contributed by atoms with Crippen LogP contribution in [-0.4, -0.2) is 10.9 Å². The smallest absolute Gasteiger partial charge is 0.253 e. The first-order valence-corrected chi connectivity index (χ1v) is 8.46. The van der Waals surface area contributed by atoms with Crippen LogP contribution in [0.1, 0.15) is 38.7 Å². The minimum atomic E-state index is -0.294. The summed E-state index contributed by atoms with van der Waals surface area (Å²) in [6.07, 6.45) is 3.50. The molecule has 0 unspecified atom stereocenters. The lowest BCUT2D eigenvalue weighted by Crippen LogP contribution is -2.30. The van der Waals surface area contributed by atoms with Gasteiger partial charge in [-0.3, -0.25) is 9.78 Å². The number of benzene rings is 2. The Balaban J connectivity index is 2.02. The minimum absolute atomic E-state index is 0.208. The zero-order valence-corrected chi connectivity index (χ0v) is 14.9. The summed E-state index contributed by atoms with van der Waals surface area (Å²) in [5, 5.41) is 3.55. The van der Waals surface area contributed by atoms with E-state index in [-0.39, 0.29) is 11.9 Å². The van der Waals surface area contributed by atoms with Crippen LogP contribution in [0.15, 0.2) is 67.0 Å². The summed E-state index contributed by atoms with van der Waals surface area (Å²) in [5.41, 5.74) is 4.69. The van der Waals surface area contributed by atoms with Gasteiger partial charge in [0.15, 0.2) is 0 Å². The first kappa shape index (κ1) is 17.2. The van der Waals surface area contributed by atoms with Gasteiger partial charge < -0.3 is 5.32 Å². The van der Waals surface area contributed by atoms with Crippen molar-refractivity contribution >= 4 is 17.5 Å². The fourth-order valence-electron chi connectivity index (χ4n) is 2.81. The molecule has 2 aromatic carbocycles. The summed E-state index contributed by atoms with van der Waals surface area (Å²) >= 11 is 6.18. The Labute approximate surface area is 152 Å². The molecule has 0 saturated heterocycles. The molecular formula is C21H19ClN2O. The highest BCUT2D eigenvalue weighted by Crippen LogP contribution is 2.26. The predicted octanol–water partition coefficient (Wildman–Crippen LogP) is 4.87. The SMILES string of the molecule is Cc1ccc(C)c([C@@H](NC(=O)c2ccccc2Cl)c2cccnc2)c1. The van der Waals surface area contributed by atoms with Gasteiger partial charge in [0.2, 0.25) is 0 Å². The molecule has 0 fully saturated rings. The number of aryl methyl sites for hydroxylation is 2. The number of aromatic nitrogens is 1. The topological polar surface area (TPSA) is 42.0 Å². The molecule has 1 amide bonds. The molecule has 3 aromatic rings. The van der Waals surface area contributed by atoms with Crippen molar-refractivity contribution < 1.29 is 4.79 Å². The first-order valence-electron chi connectivity index (χ1n) is 8.08. The Morgan fingerprint density at radius 3 is 2.60 bits per heavy atom. The van der Waals surface area contributed by atoms with E-state index in [4.69, 9.17) is 11.6 Å². The summed E-state index contributed by atoms with van der Waals surface area (Å²) in [7, 11) is 0. The number of carbonyl (C=O) groups is 1. The third kappa shape index (κ3) is 3.89. The lowest BCUT2D eigenvalue weighted by molar-refractivity contribution is 0.0943. The second-order valence-electron chi connectivity index (χ2n) is 6.03. The minimum Gasteiger partial charge on any atom is -0.341 e. The van der Waals surface area contributed by atoms with E-state index in [9.17, 15) is 4.79 Å². The molecule has 0 radical (unpaired) electrons. The molecule has 1 aromatic heterocycles. The van der Waals surface area contributed by atoms with Crippen LogP contribution < -0.4 is 5.32 Å². The van der Waals surface area contributed by atoms with Crippen LogP contribution in [-0.2, 0) is 0 Å². The standard InChI is InChI=1S/C21H19ClN2O/c1-14-9-10-15(2)18(12-14)20(16-6-5-11-23-13-16)24-21(25)17-7-3-4-8-19(17)22/h3-13,20H,1-2H3,(H,24,25)/t20-/m0/s1. The number of hydrogen-bond donors (Lipinski definition) is 1. The van der Waals surface area contributed by atoms with E-state index in [1.807, 2.05) is 32.0 Å². The number of hydrogen-bond acceptors (Lipinski definition) is 2. The highest BCUT2D eigenvalue weighted by Gasteiger charge is 2.21. The van der Waals surface area contributed by atoms with Crippen molar-refractivity contribution in [3.63, 3.8) is 0 Å². The molecular weight excluding hydrogens is 332 g/mol. The second kappa shape index (κ2) is 7.49. The van der Waals surface area contributed by atoms with Crippen molar-refractivity contribution in [3.05, 3.63) is 99.8 Å². The summed E-state index contributed by atoms with van der Waals surface area (Å²) in [6.45, 7) is 4.08. The van der Waals surface area contributed by atoms with Crippen LogP contribution in [0.2, 0.25) is 5.02 Å². The fourth-order valence-corrected chi connectivity index (χ4v) is 3.03. The van der Waals surface area contributed by atoms with Gasteiger partial charge >= 0.3 is 0 Å². The third-order valence-electron chi connectivity index (χ3n) is 4.16. The molecule has 3 rings (SSSR count). The van der Waals surface area contributed by atoms with E-state index < -0.39 is 0 Å². The number of rotatable bonds is 4. The summed E-state index contributed by atoms with van der Waals surface area (Å²) < 4.78 is 0. The molecule has 1 atom stereocenters. The zero-order valence-electron chi connectivity index (χ0n) is 14.2. The van der Waals surface area contributed by atoms with Crippen molar-refractivity contribution in [2.45, 2.75) is 19.9 Å². The molecule has 0 aliphatic heterocycles. The van der Waals surface area contributed by atoms with Gasteiger partial charge in [0, 0.05) is 12.4 Å². The lowest BCUT2D eigenvalue weighted by Gasteiger charge is -2.22. The number of pyridine rings is 1. The van der Waals surface area contributed by atoms with Gasteiger partial charge in [-0.25, -0.2) is 0 Å².